The molecule has 2 nitrogen and oxygen atoms in total. The maximum absolute atomic E-state index is 10.4. The molecule has 3 N–H and O–H groups in total. The highest BCUT2D eigenvalue weighted by Crippen LogP contribution is 2.20. The summed E-state index contributed by atoms with van der Waals surface area (Å²) >= 11 is 0. The number of hydrogen-bond acceptors (Lipinski definition) is 2. The molecule has 0 aliphatic heterocycles. The van der Waals surface area contributed by atoms with Crippen molar-refractivity contribution in [2.24, 2.45) is 5.73 Å². The largest absolute Gasteiger partial charge is 0.386 e. The van der Waals surface area contributed by atoms with E-state index in [0.717, 1.165) is 44.2 Å². The molecule has 0 fully saturated rings. The van der Waals surface area contributed by atoms with E-state index in [9.17, 15) is 5.11 Å². The van der Waals surface area contributed by atoms with Crippen molar-refractivity contribution in [3.05, 3.63) is 41.5 Å². The summed E-state index contributed by atoms with van der Waals surface area (Å²) < 4.78 is 0. The molecule has 0 saturated heterocycles. The Balaban J connectivity index is 2.75. The molecule has 0 bridgehead atoms. The smallest absolute Gasteiger partial charge is 0.0828 e. The van der Waals surface area contributed by atoms with Gasteiger partial charge in [-0.15, -0.1) is 0 Å². The van der Waals surface area contributed by atoms with Crippen molar-refractivity contribution in [1.82, 2.24) is 0 Å². The van der Waals surface area contributed by atoms with E-state index in [2.05, 4.69) is 31.2 Å². The van der Waals surface area contributed by atoms with Crippen LogP contribution in [0, 0.1) is 0 Å². The molecular formula is C17H27NO. The summed E-state index contributed by atoms with van der Waals surface area (Å²) in [5, 5.41) is 10.4. The van der Waals surface area contributed by atoms with Gasteiger partial charge in [-0.05, 0) is 43.4 Å². The van der Waals surface area contributed by atoms with Crippen molar-refractivity contribution in [2.45, 2.75) is 51.6 Å². The Kier molecular flexibility index (Phi) is 6.82. The molecule has 1 rings (SSSR count). The number of benzene rings is 1. The minimum atomic E-state index is -0.665. The van der Waals surface area contributed by atoms with Crippen LogP contribution in [0.5, 0.6) is 0 Å². The van der Waals surface area contributed by atoms with Crippen LogP contribution in [0.2, 0.25) is 0 Å². The van der Waals surface area contributed by atoms with Gasteiger partial charge in [0.25, 0.3) is 0 Å². The molecule has 1 aromatic rings. The first-order chi connectivity index (χ1) is 9.13. The first-order valence-electron chi connectivity index (χ1n) is 7.34. The number of nitrogens with two attached hydrogens (primary N) is 1. The van der Waals surface area contributed by atoms with E-state index >= 15 is 0 Å². The molecular weight excluding hydrogens is 234 g/mol. The fourth-order valence-corrected chi connectivity index (χ4v) is 2.22. The minimum absolute atomic E-state index is 0.665. The van der Waals surface area contributed by atoms with Gasteiger partial charge in [-0.3, -0.25) is 0 Å². The van der Waals surface area contributed by atoms with Crippen molar-refractivity contribution in [3.8, 4) is 0 Å². The Morgan fingerprint density at radius 2 is 2.11 bits per heavy atom. The van der Waals surface area contributed by atoms with Gasteiger partial charge >= 0.3 is 0 Å². The number of aryl methyl sites for hydroxylation is 1. The van der Waals surface area contributed by atoms with Crippen LogP contribution in [0.3, 0.4) is 0 Å². The first kappa shape index (κ1) is 15.9. The summed E-state index contributed by atoms with van der Waals surface area (Å²) in [7, 11) is 0. The molecule has 0 heterocycles. The van der Waals surface area contributed by atoms with E-state index in [0.29, 0.717) is 0 Å². The van der Waals surface area contributed by atoms with Crippen molar-refractivity contribution >= 4 is 6.08 Å². The summed E-state index contributed by atoms with van der Waals surface area (Å²) in [4.78, 5) is 0. The molecule has 1 unspecified atom stereocenters. The molecule has 2 heteroatoms. The van der Waals surface area contributed by atoms with Crippen LogP contribution in [0.15, 0.2) is 30.3 Å². The third-order valence-corrected chi connectivity index (χ3v) is 3.50. The van der Waals surface area contributed by atoms with Crippen molar-refractivity contribution < 1.29 is 5.11 Å². The third-order valence-electron chi connectivity index (χ3n) is 3.50. The van der Waals surface area contributed by atoms with Gasteiger partial charge in [0.2, 0.25) is 0 Å². The van der Waals surface area contributed by atoms with Crippen LogP contribution in [-0.2, 0) is 6.42 Å². The van der Waals surface area contributed by atoms with Crippen molar-refractivity contribution in [1.29, 1.82) is 0 Å². The van der Waals surface area contributed by atoms with Gasteiger partial charge < -0.3 is 10.8 Å². The zero-order valence-electron chi connectivity index (χ0n) is 12.2. The van der Waals surface area contributed by atoms with Crippen LogP contribution < -0.4 is 5.73 Å². The molecule has 0 amide bonds. The van der Waals surface area contributed by atoms with Gasteiger partial charge in [0.05, 0.1) is 5.60 Å². The van der Waals surface area contributed by atoms with Crippen molar-refractivity contribution in [2.75, 3.05) is 6.54 Å². The zero-order valence-corrected chi connectivity index (χ0v) is 12.2. The molecule has 0 aliphatic carbocycles. The molecule has 1 aromatic carbocycles. The van der Waals surface area contributed by atoms with Crippen LogP contribution in [-0.4, -0.2) is 17.3 Å². The predicted octanol–water partition coefficient (Wildman–Crippen LogP) is 3.53. The summed E-state index contributed by atoms with van der Waals surface area (Å²) in [6.07, 6.45) is 8.57. The molecule has 0 radical (unpaired) electrons. The van der Waals surface area contributed by atoms with Crippen LogP contribution >= 0.6 is 0 Å². The second-order valence-corrected chi connectivity index (χ2v) is 5.18. The van der Waals surface area contributed by atoms with Gasteiger partial charge in [-0.2, -0.15) is 0 Å². The molecule has 1 atom stereocenters. The lowest BCUT2D eigenvalue weighted by molar-refractivity contribution is 0.0775. The van der Waals surface area contributed by atoms with Crippen LogP contribution in [0.1, 0.15) is 50.7 Å². The van der Waals surface area contributed by atoms with Gasteiger partial charge in [0.15, 0.2) is 0 Å². The summed E-state index contributed by atoms with van der Waals surface area (Å²) in [5.74, 6) is 0. The Labute approximate surface area is 117 Å². The normalized spacial score (nSPS) is 14.7. The van der Waals surface area contributed by atoms with E-state index in [1.807, 2.05) is 19.1 Å². The lowest BCUT2D eigenvalue weighted by atomic mass is 9.93. The molecule has 19 heavy (non-hydrogen) atoms. The average Bonchev–Trinajstić information content (AvgIpc) is 2.44. The fourth-order valence-electron chi connectivity index (χ4n) is 2.22. The molecule has 106 valence electrons. The Morgan fingerprint density at radius 3 is 2.74 bits per heavy atom. The van der Waals surface area contributed by atoms with E-state index in [4.69, 9.17) is 5.73 Å². The highest BCUT2D eigenvalue weighted by atomic mass is 16.3. The van der Waals surface area contributed by atoms with Crippen LogP contribution in [0.4, 0.5) is 0 Å². The number of rotatable bonds is 8. The molecule has 0 saturated carbocycles. The van der Waals surface area contributed by atoms with Crippen LogP contribution in [0.25, 0.3) is 6.08 Å². The second-order valence-electron chi connectivity index (χ2n) is 5.18. The van der Waals surface area contributed by atoms with Gasteiger partial charge in [0.1, 0.15) is 0 Å². The number of aliphatic hydroxyl groups is 1. The fraction of sp³-hybridized carbons (Fsp3) is 0.529. The zero-order chi connectivity index (χ0) is 14.1. The molecule has 0 aliphatic rings. The molecule has 0 spiro atoms. The molecule has 0 aromatic heterocycles. The monoisotopic (exact) mass is 261 g/mol. The second kappa shape index (κ2) is 8.13. The third kappa shape index (κ3) is 5.58. The topological polar surface area (TPSA) is 46.2 Å². The minimum Gasteiger partial charge on any atom is -0.386 e. The number of hydrogen-bond donors (Lipinski definition) is 2. The van der Waals surface area contributed by atoms with E-state index in [-0.39, 0.29) is 0 Å². The van der Waals surface area contributed by atoms with Crippen molar-refractivity contribution in [3.63, 3.8) is 0 Å². The summed E-state index contributed by atoms with van der Waals surface area (Å²) in [5.41, 5.74) is 7.33. The van der Waals surface area contributed by atoms with E-state index < -0.39 is 5.60 Å². The summed E-state index contributed by atoms with van der Waals surface area (Å²) in [6, 6.07) is 8.44. The highest BCUT2D eigenvalue weighted by molar-refractivity contribution is 5.51. The van der Waals surface area contributed by atoms with E-state index in [1.165, 1.54) is 5.56 Å². The lowest BCUT2D eigenvalue weighted by Gasteiger charge is -2.21. The van der Waals surface area contributed by atoms with Gasteiger partial charge in [-0.25, -0.2) is 0 Å². The maximum Gasteiger partial charge on any atom is 0.0828 e. The predicted molar refractivity (Wildman–Crippen MR) is 83.0 cm³/mol. The maximum atomic E-state index is 10.4. The highest BCUT2D eigenvalue weighted by Gasteiger charge is 2.18. The van der Waals surface area contributed by atoms with E-state index in [1.54, 1.807) is 0 Å². The van der Waals surface area contributed by atoms with Gasteiger partial charge in [0, 0.05) is 0 Å². The SMILES string of the molecule is CCCC(O)(C=Cc1cccc(CCCN)c1)CC. The Morgan fingerprint density at radius 1 is 1.32 bits per heavy atom. The Hall–Kier alpha value is -1.12. The lowest BCUT2D eigenvalue weighted by Crippen LogP contribution is -2.23. The first-order valence-corrected chi connectivity index (χ1v) is 7.34. The van der Waals surface area contributed by atoms with Gasteiger partial charge in [-0.1, -0.05) is 56.7 Å². The summed E-state index contributed by atoms with van der Waals surface area (Å²) in [6.45, 7) is 4.85. The standard InChI is InChI=1S/C17H27NO/c1-3-11-17(19,4-2)12-10-16-8-5-7-15(14-16)9-6-13-18/h5,7-8,10,12,14,19H,3-4,6,9,11,13,18H2,1-2H3. The Bertz CT molecular complexity index is 400. The quantitative estimate of drug-likeness (QED) is 0.752. The average molecular weight is 261 g/mol.